The van der Waals surface area contributed by atoms with Crippen LogP contribution in [0.4, 0.5) is 13.2 Å². The van der Waals surface area contributed by atoms with E-state index in [-0.39, 0.29) is 34.7 Å². The second kappa shape index (κ2) is 6.90. The van der Waals surface area contributed by atoms with Crippen molar-refractivity contribution < 1.29 is 22.7 Å². The average molecular weight is 409 g/mol. The minimum atomic E-state index is -4.49. The first-order valence-corrected chi connectivity index (χ1v) is 9.80. The van der Waals surface area contributed by atoms with Gasteiger partial charge in [0, 0.05) is 12.0 Å². The van der Waals surface area contributed by atoms with Crippen molar-refractivity contribution >= 4 is 17.4 Å². The molecule has 0 aromatic heterocycles. The zero-order valence-corrected chi connectivity index (χ0v) is 15.9. The maximum absolute atomic E-state index is 13.2. The number of allylic oxidation sites excluding steroid dienone is 3. The van der Waals surface area contributed by atoms with E-state index < -0.39 is 17.5 Å². The van der Waals surface area contributed by atoms with E-state index in [2.05, 4.69) is 5.32 Å². The predicted molar refractivity (Wildman–Crippen MR) is 107 cm³/mol. The maximum Gasteiger partial charge on any atom is 0.416 e. The number of benzene rings is 2. The summed E-state index contributed by atoms with van der Waals surface area (Å²) in [5, 5.41) is 3.16. The zero-order valence-electron chi connectivity index (χ0n) is 15.9. The van der Waals surface area contributed by atoms with Crippen LogP contribution in [-0.4, -0.2) is 11.8 Å². The molecule has 0 radical (unpaired) electrons. The molecule has 0 spiro atoms. The summed E-state index contributed by atoms with van der Waals surface area (Å²) >= 11 is 0. The van der Waals surface area contributed by atoms with Crippen molar-refractivity contribution in [3.05, 3.63) is 94.6 Å². The molecular weight excluding hydrogens is 391 g/mol. The second-order valence-electron chi connectivity index (χ2n) is 7.68. The standard InChI is InChI=1S/C24H18F3NO2/c25-24(26,27)17-6-3-5-16(12-17)21-22(29)20(30-23(21)28-18-10-11-18)13-15-9-8-14-4-1-2-7-19(14)15/h1-9,12-13,15,18,28H,10-11H2. The van der Waals surface area contributed by atoms with E-state index >= 15 is 0 Å². The van der Waals surface area contributed by atoms with Gasteiger partial charge in [0.1, 0.15) is 0 Å². The molecule has 2 aromatic carbocycles. The van der Waals surface area contributed by atoms with Crippen molar-refractivity contribution in [2.75, 3.05) is 0 Å². The van der Waals surface area contributed by atoms with E-state index in [0.717, 1.165) is 36.1 Å². The first-order valence-electron chi connectivity index (χ1n) is 9.80. The molecule has 6 heteroatoms. The van der Waals surface area contributed by atoms with E-state index in [1.165, 1.54) is 12.1 Å². The highest BCUT2D eigenvalue weighted by atomic mass is 19.4. The Morgan fingerprint density at radius 3 is 2.63 bits per heavy atom. The van der Waals surface area contributed by atoms with Crippen LogP contribution in [0.5, 0.6) is 0 Å². The van der Waals surface area contributed by atoms with Gasteiger partial charge in [0.25, 0.3) is 0 Å². The molecule has 0 amide bonds. The predicted octanol–water partition coefficient (Wildman–Crippen LogP) is 5.42. The molecule has 5 rings (SSSR count). The van der Waals surface area contributed by atoms with Gasteiger partial charge in [-0.1, -0.05) is 48.6 Å². The van der Waals surface area contributed by atoms with Gasteiger partial charge in [0.2, 0.25) is 11.7 Å². The lowest BCUT2D eigenvalue weighted by Crippen LogP contribution is -2.16. The molecule has 2 aromatic rings. The van der Waals surface area contributed by atoms with Crippen LogP contribution in [-0.2, 0) is 15.7 Å². The van der Waals surface area contributed by atoms with Gasteiger partial charge in [0.05, 0.1) is 11.1 Å². The number of rotatable bonds is 4. The minimum absolute atomic E-state index is 0.122. The molecule has 1 N–H and O–H groups in total. The third-order valence-electron chi connectivity index (χ3n) is 5.45. The number of ketones is 1. The molecule has 152 valence electrons. The normalized spacial score (nSPS) is 21.9. The number of fused-ring (bicyclic) bond motifs is 1. The molecule has 1 unspecified atom stereocenters. The molecule has 3 nitrogen and oxygen atoms in total. The summed E-state index contributed by atoms with van der Waals surface area (Å²) in [5.41, 5.74) is 1.69. The molecule has 1 aliphatic heterocycles. The number of Topliss-reactive ketones (excluding diaryl/α,β-unsaturated/α-hetero) is 1. The first kappa shape index (κ1) is 18.7. The average Bonchev–Trinajstić information content (AvgIpc) is 3.37. The summed E-state index contributed by atoms with van der Waals surface area (Å²) in [6.45, 7) is 0. The third kappa shape index (κ3) is 3.43. The van der Waals surface area contributed by atoms with Gasteiger partial charge in [-0.05, 0) is 47.7 Å². The van der Waals surface area contributed by atoms with Crippen LogP contribution in [0, 0.1) is 0 Å². The van der Waals surface area contributed by atoms with Crippen LogP contribution in [0.1, 0.15) is 41.0 Å². The number of nitrogens with one attached hydrogen (secondary N) is 1. The molecule has 0 bridgehead atoms. The summed E-state index contributed by atoms with van der Waals surface area (Å²) in [7, 11) is 0. The lowest BCUT2D eigenvalue weighted by molar-refractivity contribution is -0.137. The molecule has 1 atom stereocenters. The van der Waals surface area contributed by atoms with Gasteiger partial charge in [-0.2, -0.15) is 13.2 Å². The van der Waals surface area contributed by atoms with Gasteiger partial charge in [-0.25, -0.2) is 0 Å². The largest absolute Gasteiger partial charge is 0.437 e. The SMILES string of the molecule is O=C1C(=CC2C=Cc3ccccc32)OC(NC2CC2)=C1c1cccc(C(F)(F)F)c1. The number of hydrogen-bond acceptors (Lipinski definition) is 3. The Morgan fingerprint density at radius 1 is 1.07 bits per heavy atom. The van der Waals surface area contributed by atoms with Gasteiger partial charge in [-0.15, -0.1) is 0 Å². The number of alkyl halides is 3. The Labute approximate surface area is 171 Å². The van der Waals surface area contributed by atoms with E-state index in [1.54, 1.807) is 6.08 Å². The molecule has 2 aliphatic carbocycles. The van der Waals surface area contributed by atoms with Crippen molar-refractivity contribution in [1.29, 1.82) is 0 Å². The van der Waals surface area contributed by atoms with E-state index in [4.69, 9.17) is 4.74 Å². The first-order chi connectivity index (χ1) is 14.4. The van der Waals surface area contributed by atoms with Gasteiger partial charge >= 0.3 is 6.18 Å². The Hall–Kier alpha value is -3.28. The molecule has 3 aliphatic rings. The molecular formula is C24H18F3NO2. The summed E-state index contributed by atoms with van der Waals surface area (Å²) in [5.74, 6) is -0.154. The maximum atomic E-state index is 13.2. The second-order valence-corrected chi connectivity index (χ2v) is 7.68. The molecule has 1 saturated carbocycles. The highest BCUT2D eigenvalue weighted by molar-refractivity contribution is 6.30. The lowest BCUT2D eigenvalue weighted by atomic mass is 9.96. The summed E-state index contributed by atoms with van der Waals surface area (Å²) in [6, 6.07) is 12.9. The van der Waals surface area contributed by atoms with Crippen molar-refractivity contribution in [2.45, 2.75) is 31.0 Å². The van der Waals surface area contributed by atoms with Crippen LogP contribution in [0.15, 0.2) is 72.3 Å². The highest BCUT2D eigenvalue weighted by Crippen LogP contribution is 2.39. The Bertz CT molecular complexity index is 1120. The van der Waals surface area contributed by atoms with Gasteiger partial charge in [-0.3, -0.25) is 4.79 Å². The van der Waals surface area contributed by atoms with Crippen LogP contribution in [0.2, 0.25) is 0 Å². The van der Waals surface area contributed by atoms with Crippen molar-refractivity contribution in [2.24, 2.45) is 0 Å². The Balaban J connectivity index is 1.51. The lowest BCUT2D eigenvalue weighted by Gasteiger charge is -2.10. The monoisotopic (exact) mass is 409 g/mol. The molecule has 0 saturated heterocycles. The fraction of sp³-hybridized carbons (Fsp3) is 0.208. The third-order valence-corrected chi connectivity index (χ3v) is 5.45. The molecule has 30 heavy (non-hydrogen) atoms. The van der Waals surface area contributed by atoms with Gasteiger partial charge < -0.3 is 10.1 Å². The van der Waals surface area contributed by atoms with E-state index in [1.807, 2.05) is 36.4 Å². The zero-order chi connectivity index (χ0) is 20.9. The van der Waals surface area contributed by atoms with Crippen LogP contribution < -0.4 is 5.32 Å². The summed E-state index contributed by atoms with van der Waals surface area (Å²) in [4.78, 5) is 13.2. The quantitative estimate of drug-likeness (QED) is 0.686. The highest BCUT2D eigenvalue weighted by Gasteiger charge is 2.37. The molecule has 1 fully saturated rings. The summed E-state index contributed by atoms with van der Waals surface area (Å²) in [6.07, 6.45) is 3.09. The topological polar surface area (TPSA) is 38.3 Å². The van der Waals surface area contributed by atoms with E-state index in [9.17, 15) is 18.0 Å². The number of halogens is 3. The smallest absolute Gasteiger partial charge is 0.416 e. The van der Waals surface area contributed by atoms with Crippen molar-refractivity contribution in [3.63, 3.8) is 0 Å². The fourth-order valence-electron chi connectivity index (χ4n) is 3.76. The van der Waals surface area contributed by atoms with Gasteiger partial charge in [0.15, 0.2) is 5.76 Å². The Kier molecular flexibility index (Phi) is 4.31. The fourth-order valence-corrected chi connectivity index (χ4v) is 3.76. The van der Waals surface area contributed by atoms with Crippen molar-refractivity contribution in [3.8, 4) is 0 Å². The van der Waals surface area contributed by atoms with Crippen LogP contribution in [0.25, 0.3) is 11.6 Å². The van der Waals surface area contributed by atoms with E-state index in [0.29, 0.717) is 0 Å². The summed E-state index contributed by atoms with van der Waals surface area (Å²) < 4.78 is 45.4. The Morgan fingerprint density at radius 2 is 1.87 bits per heavy atom. The number of carbonyl (C=O) groups is 1. The number of ether oxygens (including phenoxy) is 1. The molecule has 1 heterocycles. The minimum Gasteiger partial charge on any atom is -0.437 e. The van der Waals surface area contributed by atoms with Crippen molar-refractivity contribution in [1.82, 2.24) is 5.32 Å². The van der Waals surface area contributed by atoms with Crippen LogP contribution >= 0.6 is 0 Å². The number of hydrogen-bond donors (Lipinski definition) is 1. The van der Waals surface area contributed by atoms with Crippen LogP contribution in [0.3, 0.4) is 0 Å². The number of carbonyl (C=O) groups excluding carboxylic acids is 1.